The van der Waals surface area contributed by atoms with E-state index >= 15 is 0 Å². The number of rotatable bonds is 8. The fourth-order valence-corrected chi connectivity index (χ4v) is 4.32. The van der Waals surface area contributed by atoms with Crippen LogP contribution in [0.3, 0.4) is 0 Å². The molecule has 2 fully saturated rings. The Morgan fingerprint density at radius 2 is 1.93 bits per heavy atom. The van der Waals surface area contributed by atoms with Gasteiger partial charge in [0.05, 0.1) is 6.54 Å². The predicted molar refractivity (Wildman–Crippen MR) is 134 cm³/mol. The Kier molecular flexibility index (Phi) is 10.7. The van der Waals surface area contributed by atoms with Gasteiger partial charge in [-0.25, -0.2) is 0 Å². The topological polar surface area (TPSA) is 34.1 Å². The van der Waals surface area contributed by atoms with Gasteiger partial charge in [0.25, 0.3) is 0 Å². The van der Waals surface area contributed by atoms with E-state index in [0.717, 1.165) is 44.6 Å². The molecule has 1 aromatic carbocycles. The molecule has 0 aliphatic carbocycles. The second-order valence-corrected chi connectivity index (χ2v) is 8.55. The van der Waals surface area contributed by atoms with Gasteiger partial charge in [0.1, 0.15) is 0 Å². The van der Waals surface area contributed by atoms with Crippen molar-refractivity contribution in [3.63, 3.8) is 0 Å². The molecule has 164 valence electrons. The Morgan fingerprint density at radius 1 is 1.21 bits per heavy atom. The van der Waals surface area contributed by atoms with Crippen molar-refractivity contribution in [3.05, 3.63) is 35.9 Å². The number of likely N-dealkylation sites (tertiary alicyclic amines) is 2. The van der Waals surface area contributed by atoms with Gasteiger partial charge in [-0.3, -0.25) is 9.89 Å². The number of guanidine groups is 1. The normalized spacial score (nSPS) is 21.4. The van der Waals surface area contributed by atoms with Crippen molar-refractivity contribution in [2.45, 2.75) is 45.7 Å². The zero-order valence-corrected chi connectivity index (χ0v) is 20.8. The molecule has 0 saturated carbocycles. The van der Waals surface area contributed by atoms with Crippen molar-refractivity contribution >= 4 is 29.9 Å². The summed E-state index contributed by atoms with van der Waals surface area (Å²) < 4.78 is 0. The molecule has 1 aromatic rings. The summed E-state index contributed by atoms with van der Waals surface area (Å²) in [6.07, 6.45) is 4.06. The van der Waals surface area contributed by atoms with Crippen LogP contribution < -0.4 is 5.32 Å². The van der Waals surface area contributed by atoms with E-state index in [1.54, 1.807) is 0 Å². The second kappa shape index (κ2) is 12.7. The third-order valence-corrected chi connectivity index (χ3v) is 6.17. The van der Waals surface area contributed by atoms with Crippen molar-refractivity contribution in [1.82, 2.24) is 20.0 Å². The van der Waals surface area contributed by atoms with Gasteiger partial charge in [-0.05, 0) is 64.7 Å². The number of aliphatic imine (C=N–C) groups is 1. The summed E-state index contributed by atoms with van der Waals surface area (Å²) in [5.41, 5.74) is 1.36. The van der Waals surface area contributed by atoms with Gasteiger partial charge in [0, 0.05) is 38.8 Å². The maximum Gasteiger partial charge on any atom is 0.193 e. The summed E-state index contributed by atoms with van der Waals surface area (Å²) in [6, 6.07) is 11.1. The van der Waals surface area contributed by atoms with Crippen LogP contribution in [0.1, 0.15) is 38.7 Å². The molecular weight excluding hydrogens is 473 g/mol. The van der Waals surface area contributed by atoms with E-state index in [9.17, 15) is 0 Å². The van der Waals surface area contributed by atoms with Crippen LogP contribution in [0.15, 0.2) is 35.3 Å². The molecule has 1 N–H and O–H groups in total. The first-order chi connectivity index (χ1) is 13.7. The summed E-state index contributed by atoms with van der Waals surface area (Å²) >= 11 is 0. The van der Waals surface area contributed by atoms with Crippen LogP contribution in [0, 0.1) is 5.92 Å². The van der Waals surface area contributed by atoms with E-state index in [4.69, 9.17) is 4.99 Å². The summed E-state index contributed by atoms with van der Waals surface area (Å²) in [5, 5.41) is 3.53. The Morgan fingerprint density at radius 3 is 2.62 bits per heavy atom. The molecule has 2 atom stereocenters. The summed E-state index contributed by atoms with van der Waals surface area (Å²) in [7, 11) is 2.20. The number of nitrogens with zero attached hydrogens (tertiary/aromatic N) is 4. The second-order valence-electron chi connectivity index (χ2n) is 8.55. The van der Waals surface area contributed by atoms with Crippen LogP contribution in [0.5, 0.6) is 0 Å². The predicted octanol–water partition coefficient (Wildman–Crippen LogP) is 3.51. The molecule has 0 radical (unpaired) electrons. The number of benzene rings is 1. The molecule has 3 rings (SSSR count). The zero-order chi connectivity index (χ0) is 19.8. The lowest BCUT2D eigenvalue weighted by Gasteiger charge is -2.26. The Hall–Kier alpha value is -0.860. The van der Waals surface area contributed by atoms with Gasteiger partial charge >= 0.3 is 0 Å². The van der Waals surface area contributed by atoms with E-state index in [1.165, 1.54) is 44.5 Å². The molecule has 0 spiro atoms. The molecule has 0 amide bonds. The van der Waals surface area contributed by atoms with Crippen LogP contribution in [0.2, 0.25) is 0 Å². The minimum Gasteiger partial charge on any atom is -0.357 e. The van der Waals surface area contributed by atoms with Crippen LogP contribution in [-0.2, 0) is 6.54 Å². The Bertz CT molecular complexity index is 603. The lowest BCUT2D eigenvalue weighted by atomic mass is 10.1. The molecule has 2 aliphatic rings. The fourth-order valence-electron chi connectivity index (χ4n) is 4.32. The smallest absolute Gasteiger partial charge is 0.193 e. The Balaban J connectivity index is 0.00000300. The van der Waals surface area contributed by atoms with Gasteiger partial charge in [-0.2, -0.15) is 0 Å². The quantitative estimate of drug-likeness (QED) is 0.328. The van der Waals surface area contributed by atoms with Gasteiger partial charge < -0.3 is 15.1 Å². The zero-order valence-electron chi connectivity index (χ0n) is 18.5. The molecule has 29 heavy (non-hydrogen) atoms. The molecule has 2 saturated heterocycles. The summed E-state index contributed by atoms with van der Waals surface area (Å²) in [4.78, 5) is 12.5. The summed E-state index contributed by atoms with van der Waals surface area (Å²) in [5.74, 6) is 1.89. The number of nitrogens with one attached hydrogen (secondary N) is 1. The standard InChI is InChI=1S/C23H39N5.HI/c1-4-24-23(28-15-12-22(19-28)18-27-13-8-9-14-27)25-16-20(2)26(3)17-21-10-6-5-7-11-21;/h5-7,10-11,20,22H,4,8-9,12-19H2,1-3H3,(H,24,25);1H. The number of halogens is 1. The van der Waals surface area contributed by atoms with Crippen molar-refractivity contribution in [1.29, 1.82) is 0 Å². The van der Waals surface area contributed by atoms with Crippen LogP contribution >= 0.6 is 24.0 Å². The molecule has 5 nitrogen and oxygen atoms in total. The van der Waals surface area contributed by atoms with E-state index in [2.05, 4.69) is 71.2 Å². The van der Waals surface area contributed by atoms with Crippen LogP contribution in [0.25, 0.3) is 0 Å². The molecule has 2 unspecified atom stereocenters. The maximum atomic E-state index is 5.00. The highest BCUT2D eigenvalue weighted by Crippen LogP contribution is 2.20. The van der Waals surface area contributed by atoms with Crippen LogP contribution in [0.4, 0.5) is 0 Å². The lowest BCUT2D eigenvalue weighted by molar-refractivity contribution is 0.254. The highest BCUT2D eigenvalue weighted by molar-refractivity contribution is 14.0. The third-order valence-electron chi connectivity index (χ3n) is 6.17. The summed E-state index contributed by atoms with van der Waals surface area (Å²) in [6.45, 7) is 13.3. The average molecular weight is 514 g/mol. The molecule has 0 bridgehead atoms. The molecule has 2 heterocycles. The van der Waals surface area contributed by atoms with E-state index in [-0.39, 0.29) is 24.0 Å². The average Bonchev–Trinajstić information content (AvgIpc) is 3.38. The number of hydrogen-bond donors (Lipinski definition) is 1. The number of hydrogen-bond acceptors (Lipinski definition) is 3. The first-order valence-corrected chi connectivity index (χ1v) is 11.2. The fraction of sp³-hybridized carbons (Fsp3) is 0.696. The molecular formula is C23H40IN5. The SMILES string of the molecule is CCNC(=NCC(C)N(C)Cc1ccccc1)N1CCC(CN2CCCC2)C1.I. The largest absolute Gasteiger partial charge is 0.357 e. The van der Waals surface area contributed by atoms with E-state index < -0.39 is 0 Å². The van der Waals surface area contributed by atoms with Crippen LogP contribution in [-0.4, -0.2) is 79.6 Å². The maximum absolute atomic E-state index is 5.00. The first-order valence-electron chi connectivity index (χ1n) is 11.2. The van der Waals surface area contributed by atoms with Crippen molar-refractivity contribution in [2.75, 3.05) is 52.9 Å². The number of likely N-dealkylation sites (N-methyl/N-ethyl adjacent to an activating group) is 1. The van der Waals surface area contributed by atoms with Gasteiger partial charge in [-0.1, -0.05) is 30.3 Å². The first kappa shape index (κ1) is 24.4. The molecule has 6 heteroatoms. The van der Waals surface area contributed by atoms with Crippen molar-refractivity contribution in [2.24, 2.45) is 10.9 Å². The van der Waals surface area contributed by atoms with Gasteiger partial charge in [0.2, 0.25) is 0 Å². The minimum atomic E-state index is 0. The van der Waals surface area contributed by atoms with Gasteiger partial charge in [0.15, 0.2) is 5.96 Å². The van der Waals surface area contributed by atoms with E-state index in [0.29, 0.717) is 6.04 Å². The lowest BCUT2D eigenvalue weighted by Crippen LogP contribution is -2.42. The molecule has 0 aromatic heterocycles. The Labute approximate surface area is 194 Å². The van der Waals surface area contributed by atoms with E-state index in [1.807, 2.05) is 0 Å². The minimum absolute atomic E-state index is 0. The molecule has 2 aliphatic heterocycles. The third kappa shape index (κ3) is 7.72. The highest BCUT2D eigenvalue weighted by atomic mass is 127. The van der Waals surface area contributed by atoms with Crippen molar-refractivity contribution < 1.29 is 0 Å². The highest BCUT2D eigenvalue weighted by Gasteiger charge is 2.27. The monoisotopic (exact) mass is 513 g/mol. The van der Waals surface area contributed by atoms with Crippen molar-refractivity contribution in [3.8, 4) is 0 Å². The van der Waals surface area contributed by atoms with Gasteiger partial charge in [-0.15, -0.1) is 24.0 Å².